The van der Waals surface area contributed by atoms with Crippen LogP contribution in [0.1, 0.15) is 17.3 Å². The highest BCUT2D eigenvalue weighted by atomic mass is 79.9. The summed E-state index contributed by atoms with van der Waals surface area (Å²) in [6.07, 6.45) is 0. The van der Waals surface area contributed by atoms with Crippen LogP contribution in [0.5, 0.6) is 0 Å². The third-order valence-corrected chi connectivity index (χ3v) is 2.85. The van der Waals surface area contributed by atoms with E-state index in [1.54, 1.807) is 0 Å². The van der Waals surface area contributed by atoms with Gasteiger partial charge < -0.3 is 5.32 Å². The van der Waals surface area contributed by atoms with Crippen molar-refractivity contribution in [3.63, 3.8) is 0 Å². The van der Waals surface area contributed by atoms with Gasteiger partial charge in [-0.1, -0.05) is 0 Å². The lowest BCUT2D eigenvalue weighted by Gasteiger charge is -2.07. The quantitative estimate of drug-likeness (QED) is 0.370. The molecule has 0 heterocycles. The number of allylic oxidation sites excluding steroid dienone is 1. The minimum atomic E-state index is -0.556. The summed E-state index contributed by atoms with van der Waals surface area (Å²) in [5.74, 6) is -0.865. The zero-order valence-corrected chi connectivity index (χ0v) is 12.8. The number of carbonyl (C=O) groups is 2. The number of ketones is 1. The third kappa shape index (κ3) is 4.25. The number of halogens is 2. The fraction of sp³-hybridized carbons (Fsp3) is 0.0909. The predicted octanol–water partition coefficient (Wildman–Crippen LogP) is 2.87. The number of hydrogen-bond acceptors (Lipinski definition) is 4. The first-order chi connectivity index (χ1) is 8.82. The highest BCUT2D eigenvalue weighted by Crippen LogP contribution is 2.22. The standard InChI is InChI=1S/C11H8Br2N2O4/c1-6(16)14-9(11(12)13)10(17)7-2-4-8(5-3-7)15(18)19/h2-5H,1H3,(H,14,16). The first-order valence-electron chi connectivity index (χ1n) is 4.95. The van der Waals surface area contributed by atoms with Gasteiger partial charge in [0.2, 0.25) is 11.7 Å². The van der Waals surface area contributed by atoms with E-state index in [-0.39, 0.29) is 16.9 Å². The van der Waals surface area contributed by atoms with Crippen LogP contribution >= 0.6 is 31.9 Å². The number of Topliss-reactive ketones (excluding diaryl/α,β-unsaturated/α-hetero) is 1. The van der Waals surface area contributed by atoms with Crippen molar-refractivity contribution in [2.45, 2.75) is 6.92 Å². The lowest BCUT2D eigenvalue weighted by Crippen LogP contribution is -2.25. The van der Waals surface area contributed by atoms with Gasteiger partial charge in [-0.15, -0.1) is 0 Å². The average molecular weight is 392 g/mol. The van der Waals surface area contributed by atoms with E-state index < -0.39 is 16.6 Å². The second-order valence-electron chi connectivity index (χ2n) is 3.45. The van der Waals surface area contributed by atoms with E-state index in [1.807, 2.05) is 0 Å². The van der Waals surface area contributed by atoms with Crippen LogP contribution in [0.25, 0.3) is 0 Å². The highest BCUT2D eigenvalue weighted by molar-refractivity contribution is 9.28. The summed E-state index contributed by atoms with van der Waals surface area (Å²) in [6, 6.07) is 5.10. The number of rotatable bonds is 4. The molecule has 0 aliphatic carbocycles. The molecule has 1 aromatic carbocycles. The van der Waals surface area contributed by atoms with Gasteiger partial charge in [0.15, 0.2) is 0 Å². The molecule has 19 heavy (non-hydrogen) atoms. The maximum absolute atomic E-state index is 12.1. The topological polar surface area (TPSA) is 89.3 Å². The summed E-state index contributed by atoms with van der Waals surface area (Å²) < 4.78 is 0.290. The second kappa shape index (κ2) is 6.58. The Bertz CT molecular complexity index is 563. The van der Waals surface area contributed by atoms with E-state index in [9.17, 15) is 19.7 Å². The Labute approximate surface area is 125 Å². The van der Waals surface area contributed by atoms with Gasteiger partial charge in [0, 0.05) is 24.6 Å². The van der Waals surface area contributed by atoms with Crippen LogP contribution in [0.4, 0.5) is 5.69 Å². The largest absolute Gasteiger partial charge is 0.322 e. The van der Waals surface area contributed by atoms with Crippen molar-refractivity contribution in [2.24, 2.45) is 0 Å². The van der Waals surface area contributed by atoms with E-state index >= 15 is 0 Å². The summed E-state index contributed by atoms with van der Waals surface area (Å²) in [5, 5.41) is 12.9. The molecule has 0 spiro atoms. The molecule has 0 saturated carbocycles. The van der Waals surface area contributed by atoms with Gasteiger partial charge in [-0.3, -0.25) is 19.7 Å². The average Bonchev–Trinajstić information content (AvgIpc) is 2.34. The second-order valence-corrected chi connectivity index (χ2v) is 6.10. The van der Waals surface area contributed by atoms with Crippen LogP contribution in [0.15, 0.2) is 33.4 Å². The predicted molar refractivity (Wildman–Crippen MR) is 76.1 cm³/mol. The minimum Gasteiger partial charge on any atom is -0.322 e. The number of carbonyl (C=O) groups excluding carboxylic acids is 2. The summed E-state index contributed by atoms with van der Waals surface area (Å²) in [5.41, 5.74) is 0.145. The molecule has 0 bridgehead atoms. The molecular weight excluding hydrogens is 384 g/mol. The van der Waals surface area contributed by atoms with Crippen molar-refractivity contribution in [1.29, 1.82) is 0 Å². The van der Waals surface area contributed by atoms with Gasteiger partial charge in [0.05, 0.1) is 8.31 Å². The van der Waals surface area contributed by atoms with Gasteiger partial charge in [-0.25, -0.2) is 0 Å². The van der Waals surface area contributed by atoms with Gasteiger partial charge >= 0.3 is 0 Å². The van der Waals surface area contributed by atoms with Crippen molar-refractivity contribution in [1.82, 2.24) is 5.32 Å². The first-order valence-corrected chi connectivity index (χ1v) is 6.53. The molecule has 0 aliphatic rings. The molecule has 0 aliphatic heterocycles. The Kier molecular flexibility index (Phi) is 5.37. The molecule has 1 rings (SSSR count). The monoisotopic (exact) mass is 390 g/mol. The van der Waals surface area contributed by atoms with E-state index in [0.29, 0.717) is 3.39 Å². The van der Waals surface area contributed by atoms with Crippen LogP contribution in [0.3, 0.4) is 0 Å². The Morgan fingerprint density at radius 3 is 2.11 bits per heavy atom. The molecular formula is C11H8Br2N2O4. The minimum absolute atomic E-state index is 0.0290. The summed E-state index contributed by atoms with van der Waals surface area (Å²) >= 11 is 6.11. The Morgan fingerprint density at radius 2 is 1.74 bits per heavy atom. The number of benzene rings is 1. The van der Waals surface area contributed by atoms with Crippen molar-refractivity contribution >= 4 is 49.2 Å². The highest BCUT2D eigenvalue weighted by Gasteiger charge is 2.17. The van der Waals surface area contributed by atoms with Crippen LogP contribution in [-0.2, 0) is 4.79 Å². The number of nitro groups is 1. The van der Waals surface area contributed by atoms with E-state index in [4.69, 9.17) is 0 Å². The van der Waals surface area contributed by atoms with E-state index in [2.05, 4.69) is 37.2 Å². The molecule has 0 fully saturated rings. The molecule has 1 amide bonds. The first kappa shape index (κ1) is 15.5. The van der Waals surface area contributed by atoms with E-state index in [0.717, 1.165) is 0 Å². The maximum atomic E-state index is 12.1. The van der Waals surface area contributed by atoms with Crippen LogP contribution in [0, 0.1) is 10.1 Å². The molecule has 6 nitrogen and oxygen atoms in total. The molecule has 0 radical (unpaired) electrons. The Morgan fingerprint density at radius 1 is 1.21 bits per heavy atom. The van der Waals surface area contributed by atoms with E-state index in [1.165, 1.54) is 31.2 Å². The van der Waals surface area contributed by atoms with Crippen molar-refractivity contribution < 1.29 is 14.5 Å². The van der Waals surface area contributed by atoms with Gasteiger partial charge in [-0.2, -0.15) is 0 Å². The number of non-ortho nitro benzene ring substituents is 1. The number of hydrogen-bond donors (Lipinski definition) is 1. The number of nitrogens with zero attached hydrogens (tertiary/aromatic N) is 1. The number of nitrogens with one attached hydrogen (secondary N) is 1. The molecule has 0 unspecified atom stereocenters. The zero-order valence-electron chi connectivity index (χ0n) is 9.65. The third-order valence-electron chi connectivity index (χ3n) is 2.06. The fourth-order valence-corrected chi connectivity index (χ4v) is 1.80. The molecule has 1 aromatic rings. The van der Waals surface area contributed by atoms with Crippen LogP contribution < -0.4 is 5.32 Å². The summed E-state index contributed by atoms with van der Waals surface area (Å²) in [6.45, 7) is 1.27. The lowest BCUT2D eigenvalue weighted by atomic mass is 10.1. The molecule has 0 saturated heterocycles. The SMILES string of the molecule is CC(=O)NC(C(=O)c1ccc([N+](=O)[O-])cc1)=C(Br)Br. The number of amides is 1. The summed E-state index contributed by atoms with van der Waals surface area (Å²) in [7, 11) is 0. The van der Waals surface area contributed by atoms with Crippen LogP contribution in [0.2, 0.25) is 0 Å². The smallest absolute Gasteiger partial charge is 0.269 e. The zero-order chi connectivity index (χ0) is 14.6. The van der Waals surface area contributed by atoms with Crippen LogP contribution in [-0.4, -0.2) is 16.6 Å². The van der Waals surface area contributed by atoms with Crippen molar-refractivity contribution in [3.05, 3.63) is 49.0 Å². The van der Waals surface area contributed by atoms with Gasteiger partial charge in [0.25, 0.3) is 5.69 Å². The van der Waals surface area contributed by atoms with Crippen molar-refractivity contribution in [2.75, 3.05) is 0 Å². The lowest BCUT2D eigenvalue weighted by molar-refractivity contribution is -0.384. The normalized spacial score (nSPS) is 9.63. The summed E-state index contributed by atoms with van der Waals surface area (Å²) in [4.78, 5) is 33.1. The number of nitro benzene ring substituents is 1. The Balaban J connectivity index is 3.08. The fourth-order valence-electron chi connectivity index (χ4n) is 1.24. The molecule has 100 valence electrons. The molecule has 0 aromatic heterocycles. The van der Waals surface area contributed by atoms with Gasteiger partial charge in [0.1, 0.15) is 5.70 Å². The maximum Gasteiger partial charge on any atom is 0.269 e. The molecule has 0 atom stereocenters. The van der Waals surface area contributed by atoms with Crippen molar-refractivity contribution in [3.8, 4) is 0 Å². The van der Waals surface area contributed by atoms with Gasteiger partial charge in [-0.05, 0) is 44.0 Å². The molecule has 8 heteroatoms. The Hall–Kier alpha value is -1.54. The molecule has 1 N–H and O–H groups in total.